The van der Waals surface area contributed by atoms with Gasteiger partial charge in [-0.25, -0.2) is 13.8 Å². The van der Waals surface area contributed by atoms with Crippen LogP contribution in [0.4, 0.5) is 0 Å². The Hall–Kier alpha value is -2.71. The minimum Gasteiger partial charge on any atom is -0.497 e. The number of rotatable bonds is 9. The van der Waals surface area contributed by atoms with E-state index in [-0.39, 0.29) is 10.8 Å². The monoisotopic (exact) mass is 417 g/mol. The number of carbonyl (C=O) groups excluding carboxylic acids is 1. The second-order valence-corrected chi connectivity index (χ2v) is 8.84. The Morgan fingerprint density at radius 3 is 2.28 bits per heavy atom. The molecule has 0 heterocycles. The highest BCUT2D eigenvalue weighted by Crippen LogP contribution is 2.14. The predicted molar refractivity (Wildman–Crippen MR) is 113 cm³/mol. The van der Waals surface area contributed by atoms with Gasteiger partial charge >= 0.3 is 0 Å². The second kappa shape index (κ2) is 10.2. The van der Waals surface area contributed by atoms with Crippen molar-refractivity contribution >= 4 is 22.1 Å². The zero-order valence-electron chi connectivity index (χ0n) is 17.0. The SMILES string of the molecule is COc1ccc(/C=N\NC(=O)[C@@H](CC(C)C)NS(=O)(=O)c2ccc(C)cc2)cc1. The predicted octanol–water partition coefficient (Wildman–Crippen LogP) is 2.85. The van der Waals surface area contributed by atoms with E-state index in [1.165, 1.54) is 18.3 Å². The molecule has 0 saturated heterocycles. The number of amides is 1. The highest BCUT2D eigenvalue weighted by atomic mass is 32.2. The Bertz CT molecular complexity index is 937. The van der Waals surface area contributed by atoms with E-state index in [9.17, 15) is 13.2 Å². The van der Waals surface area contributed by atoms with Crippen LogP contribution < -0.4 is 14.9 Å². The summed E-state index contributed by atoms with van der Waals surface area (Å²) in [6.07, 6.45) is 1.83. The van der Waals surface area contributed by atoms with Gasteiger partial charge in [-0.2, -0.15) is 9.82 Å². The molecular weight excluding hydrogens is 390 g/mol. The summed E-state index contributed by atoms with van der Waals surface area (Å²) in [6, 6.07) is 12.7. The minimum atomic E-state index is -3.83. The summed E-state index contributed by atoms with van der Waals surface area (Å²) in [5.41, 5.74) is 4.14. The molecule has 2 aromatic rings. The van der Waals surface area contributed by atoms with E-state index in [2.05, 4.69) is 15.2 Å². The van der Waals surface area contributed by atoms with Crippen molar-refractivity contribution in [1.29, 1.82) is 0 Å². The van der Waals surface area contributed by atoms with Gasteiger partial charge in [-0.1, -0.05) is 31.5 Å². The molecule has 0 aliphatic heterocycles. The largest absolute Gasteiger partial charge is 0.497 e. The van der Waals surface area contributed by atoms with Gasteiger partial charge in [-0.15, -0.1) is 0 Å². The molecular formula is C21H27N3O4S. The fourth-order valence-electron chi connectivity index (χ4n) is 2.59. The summed E-state index contributed by atoms with van der Waals surface area (Å²) < 4.78 is 32.9. The van der Waals surface area contributed by atoms with Crippen LogP contribution >= 0.6 is 0 Å². The lowest BCUT2D eigenvalue weighted by atomic mass is 10.0. The maximum Gasteiger partial charge on any atom is 0.258 e. The molecule has 2 aromatic carbocycles. The Labute approximate surface area is 172 Å². The average molecular weight is 418 g/mol. The molecule has 0 bridgehead atoms. The number of hydrogen-bond donors (Lipinski definition) is 2. The van der Waals surface area contributed by atoms with Crippen LogP contribution in [0, 0.1) is 12.8 Å². The first-order valence-electron chi connectivity index (χ1n) is 9.27. The standard InChI is InChI=1S/C21H27N3O4S/c1-15(2)13-20(24-29(26,27)19-11-5-16(3)6-12-19)21(25)23-22-14-17-7-9-18(28-4)10-8-17/h5-12,14-15,20,24H,13H2,1-4H3,(H,23,25)/b22-14-/t20-/m1/s1. The second-order valence-electron chi connectivity index (χ2n) is 7.12. The van der Waals surface area contributed by atoms with Crippen molar-refractivity contribution in [1.82, 2.24) is 10.1 Å². The van der Waals surface area contributed by atoms with Crippen molar-refractivity contribution in [2.45, 2.75) is 38.1 Å². The van der Waals surface area contributed by atoms with Crippen LogP contribution in [0.1, 0.15) is 31.4 Å². The third-order valence-corrected chi connectivity index (χ3v) is 5.64. The summed E-state index contributed by atoms with van der Waals surface area (Å²) in [5.74, 6) is 0.310. The van der Waals surface area contributed by atoms with Gasteiger partial charge in [-0.05, 0) is 61.2 Å². The number of nitrogens with zero attached hydrogens (tertiary/aromatic N) is 1. The van der Waals surface area contributed by atoms with Crippen LogP contribution in [0.25, 0.3) is 0 Å². The normalized spacial score (nSPS) is 12.9. The van der Waals surface area contributed by atoms with Crippen molar-refractivity contribution in [3.8, 4) is 5.75 Å². The van der Waals surface area contributed by atoms with E-state index in [1.54, 1.807) is 43.5 Å². The molecule has 0 saturated carbocycles. The molecule has 0 fully saturated rings. The van der Waals surface area contributed by atoms with Gasteiger partial charge in [0, 0.05) is 0 Å². The molecule has 156 valence electrons. The lowest BCUT2D eigenvalue weighted by Gasteiger charge is -2.19. The van der Waals surface area contributed by atoms with Crippen molar-refractivity contribution in [2.75, 3.05) is 7.11 Å². The average Bonchev–Trinajstić information content (AvgIpc) is 2.67. The molecule has 7 nitrogen and oxygen atoms in total. The lowest BCUT2D eigenvalue weighted by Crippen LogP contribution is -2.46. The van der Waals surface area contributed by atoms with Crippen molar-refractivity contribution in [3.63, 3.8) is 0 Å². The van der Waals surface area contributed by atoms with Gasteiger partial charge in [0.25, 0.3) is 5.91 Å². The van der Waals surface area contributed by atoms with Gasteiger partial charge < -0.3 is 4.74 Å². The number of benzene rings is 2. The molecule has 2 N–H and O–H groups in total. The first-order chi connectivity index (χ1) is 13.7. The molecule has 0 aliphatic rings. The fourth-order valence-corrected chi connectivity index (χ4v) is 3.80. The maximum atomic E-state index is 12.7. The first-order valence-corrected chi connectivity index (χ1v) is 10.8. The van der Waals surface area contributed by atoms with Crippen molar-refractivity contribution < 1.29 is 17.9 Å². The number of ether oxygens (including phenoxy) is 1. The Kier molecular flexibility index (Phi) is 7.92. The molecule has 2 rings (SSSR count). The molecule has 29 heavy (non-hydrogen) atoms. The van der Waals surface area contributed by atoms with Gasteiger partial charge in [0.15, 0.2) is 0 Å². The van der Waals surface area contributed by atoms with E-state index in [0.717, 1.165) is 11.1 Å². The summed E-state index contributed by atoms with van der Waals surface area (Å²) in [6.45, 7) is 5.71. The molecule has 0 unspecified atom stereocenters. The number of nitrogens with one attached hydrogen (secondary N) is 2. The Balaban J connectivity index is 2.08. The molecule has 1 amide bonds. The van der Waals surface area contributed by atoms with Gasteiger partial charge in [0.2, 0.25) is 10.0 Å². The van der Waals surface area contributed by atoms with Gasteiger partial charge in [-0.3, -0.25) is 4.79 Å². The summed E-state index contributed by atoms with van der Waals surface area (Å²) in [7, 11) is -2.25. The van der Waals surface area contributed by atoms with Crippen molar-refractivity contribution in [2.24, 2.45) is 11.0 Å². The zero-order valence-corrected chi connectivity index (χ0v) is 17.9. The van der Waals surface area contributed by atoms with E-state index < -0.39 is 22.0 Å². The van der Waals surface area contributed by atoms with E-state index in [1.807, 2.05) is 20.8 Å². The molecule has 0 aliphatic carbocycles. The number of aryl methyl sites for hydroxylation is 1. The van der Waals surface area contributed by atoms with E-state index >= 15 is 0 Å². The third-order valence-electron chi connectivity index (χ3n) is 4.16. The highest BCUT2D eigenvalue weighted by Gasteiger charge is 2.26. The number of hydrogen-bond acceptors (Lipinski definition) is 5. The number of methoxy groups -OCH3 is 1. The van der Waals surface area contributed by atoms with Crippen LogP contribution in [0.15, 0.2) is 58.5 Å². The summed E-state index contributed by atoms with van der Waals surface area (Å²) in [4.78, 5) is 12.7. The highest BCUT2D eigenvalue weighted by molar-refractivity contribution is 7.89. The number of sulfonamides is 1. The lowest BCUT2D eigenvalue weighted by molar-refractivity contribution is -0.123. The smallest absolute Gasteiger partial charge is 0.258 e. The third kappa shape index (κ3) is 6.99. The molecule has 1 atom stereocenters. The Morgan fingerprint density at radius 1 is 1.10 bits per heavy atom. The zero-order chi connectivity index (χ0) is 21.4. The van der Waals surface area contributed by atoms with Crippen LogP contribution in [-0.2, 0) is 14.8 Å². The molecule has 0 spiro atoms. The van der Waals surface area contributed by atoms with E-state index in [0.29, 0.717) is 12.2 Å². The minimum absolute atomic E-state index is 0.108. The summed E-state index contributed by atoms with van der Waals surface area (Å²) in [5, 5.41) is 3.94. The molecule has 8 heteroatoms. The van der Waals surface area contributed by atoms with Crippen LogP contribution in [-0.4, -0.2) is 33.7 Å². The molecule has 0 aromatic heterocycles. The quantitative estimate of drug-likeness (QED) is 0.484. The van der Waals surface area contributed by atoms with Gasteiger partial charge in [0.05, 0.1) is 18.2 Å². The fraction of sp³-hybridized carbons (Fsp3) is 0.333. The van der Waals surface area contributed by atoms with Gasteiger partial charge in [0.1, 0.15) is 11.8 Å². The maximum absolute atomic E-state index is 12.7. The molecule has 0 radical (unpaired) electrons. The number of carbonyl (C=O) groups is 1. The van der Waals surface area contributed by atoms with Crippen molar-refractivity contribution in [3.05, 3.63) is 59.7 Å². The van der Waals surface area contributed by atoms with Crippen LogP contribution in [0.5, 0.6) is 5.75 Å². The first kappa shape index (κ1) is 22.6. The summed E-state index contributed by atoms with van der Waals surface area (Å²) >= 11 is 0. The Morgan fingerprint density at radius 2 is 1.72 bits per heavy atom. The van der Waals surface area contributed by atoms with Crippen LogP contribution in [0.2, 0.25) is 0 Å². The topological polar surface area (TPSA) is 96.9 Å². The van der Waals surface area contributed by atoms with Crippen LogP contribution in [0.3, 0.4) is 0 Å². The van der Waals surface area contributed by atoms with E-state index in [4.69, 9.17) is 4.74 Å². The number of hydrazone groups is 1.